The smallest absolute Gasteiger partial charge is 0.255 e. The number of ether oxygens (including phenoxy) is 2. The number of carbonyl (C=O) groups is 1. The Balaban J connectivity index is 2.90. The third-order valence-electron chi connectivity index (χ3n) is 3.08. The van der Waals surface area contributed by atoms with Gasteiger partial charge in [0.05, 0.1) is 13.2 Å². The third kappa shape index (κ3) is 5.71. The number of aliphatic hydroxyl groups excluding tert-OH is 1. The van der Waals surface area contributed by atoms with Gasteiger partial charge in [0.15, 0.2) is 18.1 Å². The Morgan fingerprint density at radius 3 is 2.59 bits per heavy atom. The molecule has 0 aliphatic rings. The molecule has 0 heterocycles. The van der Waals surface area contributed by atoms with Crippen LogP contribution in [0.1, 0.15) is 25.8 Å². The van der Waals surface area contributed by atoms with Crippen molar-refractivity contribution in [3.05, 3.63) is 22.7 Å². The first kappa shape index (κ1) is 18.5. The van der Waals surface area contributed by atoms with E-state index in [4.69, 9.17) is 26.8 Å². The quantitative estimate of drug-likeness (QED) is 0.604. The van der Waals surface area contributed by atoms with E-state index >= 15 is 0 Å². The van der Waals surface area contributed by atoms with Gasteiger partial charge in [0.25, 0.3) is 5.91 Å². The van der Waals surface area contributed by atoms with Crippen molar-refractivity contribution < 1.29 is 19.4 Å². The molecule has 0 fully saturated rings. The molecule has 4 N–H and O–H groups in total. The SMILES string of the molecule is CCOc1cc(CN[C@H](CC)CO)c(Cl)cc1OCC(N)=O. The molecule has 0 unspecified atom stereocenters. The minimum Gasteiger partial charge on any atom is -0.490 e. The molecule has 6 nitrogen and oxygen atoms in total. The molecule has 0 saturated heterocycles. The van der Waals surface area contributed by atoms with E-state index in [1.165, 1.54) is 0 Å². The second-order valence-electron chi connectivity index (χ2n) is 4.75. The summed E-state index contributed by atoms with van der Waals surface area (Å²) in [5.41, 5.74) is 5.90. The van der Waals surface area contributed by atoms with Crippen molar-refractivity contribution in [2.75, 3.05) is 19.8 Å². The van der Waals surface area contributed by atoms with Crippen LogP contribution < -0.4 is 20.5 Å². The van der Waals surface area contributed by atoms with Gasteiger partial charge in [-0.25, -0.2) is 0 Å². The lowest BCUT2D eigenvalue weighted by molar-refractivity contribution is -0.119. The molecule has 1 amide bonds. The van der Waals surface area contributed by atoms with E-state index < -0.39 is 5.91 Å². The largest absolute Gasteiger partial charge is 0.490 e. The number of hydrogen-bond donors (Lipinski definition) is 3. The van der Waals surface area contributed by atoms with E-state index in [2.05, 4.69) is 5.32 Å². The molecule has 22 heavy (non-hydrogen) atoms. The highest BCUT2D eigenvalue weighted by molar-refractivity contribution is 6.31. The average Bonchev–Trinajstić information content (AvgIpc) is 2.49. The third-order valence-corrected chi connectivity index (χ3v) is 3.43. The van der Waals surface area contributed by atoms with Crippen molar-refractivity contribution in [3.8, 4) is 11.5 Å². The summed E-state index contributed by atoms with van der Waals surface area (Å²) in [6.07, 6.45) is 0.812. The first-order valence-corrected chi connectivity index (χ1v) is 7.60. The number of primary amides is 1. The minimum atomic E-state index is -0.571. The van der Waals surface area contributed by atoms with E-state index in [9.17, 15) is 9.90 Å². The molecule has 7 heteroatoms. The Labute approximate surface area is 135 Å². The highest BCUT2D eigenvalue weighted by Gasteiger charge is 2.13. The first-order chi connectivity index (χ1) is 10.5. The van der Waals surface area contributed by atoms with E-state index in [0.717, 1.165) is 12.0 Å². The molecular weight excluding hydrogens is 308 g/mol. The number of benzene rings is 1. The molecule has 0 aromatic heterocycles. The Bertz CT molecular complexity index is 493. The normalized spacial score (nSPS) is 12.0. The van der Waals surface area contributed by atoms with Crippen molar-refractivity contribution in [2.24, 2.45) is 5.73 Å². The van der Waals surface area contributed by atoms with E-state index in [1.54, 1.807) is 12.1 Å². The summed E-state index contributed by atoms with van der Waals surface area (Å²) in [4.78, 5) is 10.8. The second-order valence-corrected chi connectivity index (χ2v) is 5.15. The number of nitrogens with one attached hydrogen (secondary N) is 1. The monoisotopic (exact) mass is 330 g/mol. The Kier molecular flexibility index (Phi) is 8.01. The predicted octanol–water partition coefficient (Wildman–Crippen LogP) is 1.46. The minimum absolute atomic E-state index is 0.0115. The second kappa shape index (κ2) is 9.50. The lowest BCUT2D eigenvalue weighted by atomic mass is 10.1. The number of rotatable bonds is 10. The number of carbonyl (C=O) groups excluding carboxylic acids is 1. The number of aliphatic hydroxyl groups is 1. The van der Waals surface area contributed by atoms with Gasteiger partial charge in [-0.15, -0.1) is 0 Å². The van der Waals surface area contributed by atoms with Gasteiger partial charge in [0.1, 0.15) is 0 Å². The molecule has 0 aliphatic heterocycles. The summed E-state index contributed by atoms with van der Waals surface area (Å²) < 4.78 is 10.8. The van der Waals surface area contributed by atoms with Gasteiger partial charge in [-0.3, -0.25) is 4.79 Å². The molecule has 0 bridgehead atoms. The van der Waals surface area contributed by atoms with E-state index in [1.807, 2.05) is 13.8 Å². The molecule has 0 radical (unpaired) electrons. The van der Waals surface area contributed by atoms with Crippen molar-refractivity contribution >= 4 is 17.5 Å². The van der Waals surface area contributed by atoms with Crippen molar-refractivity contribution in [1.29, 1.82) is 0 Å². The summed E-state index contributed by atoms with van der Waals surface area (Å²) >= 11 is 6.23. The van der Waals surface area contributed by atoms with Crippen LogP contribution in [0.3, 0.4) is 0 Å². The molecule has 1 rings (SSSR count). The van der Waals surface area contributed by atoms with Crippen LogP contribution in [-0.4, -0.2) is 36.9 Å². The van der Waals surface area contributed by atoms with Crippen molar-refractivity contribution in [3.63, 3.8) is 0 Å². The highest BCUT2D eigenvalue weighted by atomic mass is 35.5. The van der Waals surface area contributed by atoms with E-state index in [-0.39, 0.29) is 19.3 Å². The lowest BCUT2D eigenvalue weighted by Crippen LogP contribution is -2.31. The molecule has 1 aromatic carbocycles. The topological polar surface area (TPSA) is 93.8 Å². The molecule has 1 aromatic rings. The fourth-order valence-corrected chi connectivity index (χ4v) is 2.06. The van der Waals surface area contributed by atoms with Crippen LogP contribution in [0.15, 0.2) is 12.1 Å². The van der Waals surface area contributed by atoms with Crippen LogP contribution in [0, 0.1) is 0 Å². The lowest BCUT2D eigenvalue weighted by Gasteiger charge is -2.17. The van der Waals surface area contributed by atoms with Gasteiger partial charge in [0, 0.05) is 23.7 Å². The van der Waals surface area contributed by atoms with Gasteiger partial charge in [-0.1, -0.05) is 18.5 Å². The van der Waals surface area contributed by atoms with Gasteiger partial charge >= 0.3 is 0 Å². The maximum Gasteiger partial charge on any atom is 0.255 e. The number of nitrogens with two attached hydrogens (primary N) is 1. The van der Waals surface area contributed by atoms with Crippen LogP contribution in [0.2, 0.25) is 5.02 Å². The zero-order valence-corrected chi connectivity index (χ0v) is 13.7. The molecule has 124 valence electrons. The maximum atomic E-state index is 10.8. The first-order valence-electron chi connectivity index (χ1n) is 7.22. The molecule has 0 aliphatic carbocycles. The zero-order chi connectivity index (χ0) is 16.5. The van der Waals surface area contributed by atoms with Crippen molar-refractivity contribution in [2.45, 2.75) is 32.9 Å². The summed E-state index contributed by atoms with van der Waals surface area (Å²) in [5, 5.41) is 12.9. The Hall–Kier alpha value is -1.50. The zero-order valence-electron chi connectivity index (χ0n) is 12.9. The van der Waals surface area contributed by atoms with Crippen LogP contribution in [0.5, 0.6) is 11.5 Å². The predicted molar refractivity (Wildman–Crippen MR) is 85.3 cm³/mol. The molecular formula is C15H23ClN2O4. The highest BCUT2D eigenvalue weighted by Crippen LogP contribution is 2.33. The van der Waals surface area contributed by atoms with Gasteiger partial charge in [-0.05, 0) is 25.0 Å². The van der Waals surface area contributed by atoms with Crippen LogP contribution >= 0.6 is 11.6 Å². The summed E-state index contributed by atoms with van der Waals surface area (Å²) in [7, 11) is 0. The standard InChI is InChI=1S/C15H23ClN2O4/c1-3-11(8-19)18-7-10-5-13(21-4-2)14(6-12(10)16)22-9-15(17)20/h5-6,11,18-19H,3-4,7-9H2,1-2H3,(H2,17,20)/t11-/m1/s1. The van der Waals surface area contributed by atoms with Gasteiger partial charge in [0.2, 0.25) is 0 Å². The Morgan fingerprint density at radius 1 is 1.36 bits per heavy atom. The summed E-state index contributed by atoms with van der Waals surface area (Å²) in [5.74, 6) is 0.309. The number of halogens is 1. The van der Waals surface area contributed by atoms with Crippen LogP contribution in [0.25, 0.3) is 0 Å². The van der Waals surface area contributed by atoms with Crippen LogP contribution in [-0.2, 0) is 11.3 Å². The molecule has 0 spiro atoms. The molecule has 0 saturated carbocycles. The molecule has 1 atom stereocenters. The summed E-state index contributed by atoms with van der Waals surface area (Å²) in [6.45, 7) is 4.61. The van der Waals surface area contributed by atoms with Gasteiger partial charge in [-0.2, -0.15) is 0 Å². The van der Waals surface area contributed by atoms with E-state index in [0.29, 0.717) is 29.7 Å². The van der Waals surface area contributed by atoms with Crippen LogP contribution in [0.4, 0.5) is 0 Å². The number of amides is 1. The number of hydrogen-bond acceptors (Lipinski definition) is 5. The maximum absolute atomic E-state index is 10.8. The average molecular weight is 331 g/mol. The fourth-order valence-electron chi connectivity index (χ4n) is 1.83. The Morgan fingerprint density at radius 2 is 2.05 bits per heavy atom. The van der Waals surface area contributed by atoms with Crippen molar-refractivity contribution in [1.82, 2.24) is 5.32 Å². The fraction of sp³-hybridized carbons (Fsp3) is 0.533. The summed E-state index contributed by atoms with van der Waals surface area (Å²) in [6, 6.07) is 3.38. The van der Waals surface area contributed by atoms with Gasteiger partial charge < -0.3 is 25.6 Å².